The van der Waals surface area contributed by atoms with Crippen molar-refractivity contribution in [1.29, 1.82) is 0 Å². The standard InChI is InChI=1S/C17H20FN3O2S/c1-11-10-24-15(20-11)9-19-17(22)21-16(14-3-2-8-23-14)12-4-6-13(18)7-5-12/h4-7,10,14,16H,2-3,8-9H2,1H3,(H2,19,21,22)/t14-,16-/m1/s1. The lowest BCUT2D eigenvalue weighted by molar-refractivity contribution is 0.0807. The van der Waals surface area contributed by atoms with Crippen molar-refractivity contribution in [2.75, 3.05) is 6.61 Å². The lowest BCUT2D eigenvalue weighted by atomic mass is 9.99. The van der Waals surface area contributed by atoms with Gasteiger partial charge in [0.25, 0.3) is 0 Å². The summed E-state index contributed by atoms with van der Waals surface area (Å²) in [7, 11) is 0. The number of nitrogens with zero attached hydrogens (tertiary/aromatic N) is 1. The molecule has 2 heterocycles. The molecule has 0 radical (unpaired) electrons. The monoisotopic (exact) mass is 349 g/mol. The van der Waals surface area contributed by atoms with Crippen molar-refractivity contribution in [2.24, 2.45) is 0 Å². The van der Waals surface area contributed by atoms with Crippen LogP contribution in [0, 0.1) is 12.7 Å². The van der Waals surface area contributed by atoms with Crippen molar-refractivity contribution in [1.82, 2.24) is 15.6 Å². The Morgan fingerprint density at radius 2 is 2.25 bits per heavy atom. The van der Waals surface area contributed by atoms with Gasteiger partial charge in [-0.15, -0.1) is 11.3 Å². The number of amides is 2. The minimum atomic E-state index is -0.300. The molecule has 0 bridgehead atoms. The van der Waals surface area contributed by atoms with Crippen LogP contribution in [0.5, 0.6) is 0 Å². The van der Waals surface area contributed by atoms with Crippen LogP contribution in [-0.4, -0.2) is 23.7 Å². The Balaban J connectivity index is 1.64. The molecule has 2 aromatic rings. The minimum Gasteiger partial charge on any atom is -0.376 e. The maximum atomic E-state index is 13.2. The highest BCUT2D eigenvalue weighted by Gasteiger charge is 2.28. The molecule has 1 aromatic carbocycles. The van der Waals surface area contributed by atoms with Gasteiger partial charge in [-0.05, 0) is 37.5 Å². The third-order valence-electron chi connectivity index (χ3n) is 3.92. The quantitative estimate of drug-likeness (QED) is 0.870. The van der Waals surface area contributed by atoms with Crippen molar-refractivity contribution >= 4 is 17.4 Å². The molecule has 1 aromatic heterocycles. The average molecular weight is 349 g/mol. The fourth-order valence-electron chi connectivity index (χ4n) is 2.76. The number of nitrogens with one attached hydrogen (secondary N) is 2. The molecule has 2 N–H and O–H groups in total. The average Bonchev–Trinajstić information content (AvgIpc) is 3.23. The van der Waals surface area contributed by atoms with E-state index in [1.165, 1.54) is 23.5 Å². The minimum absolute atomic E-state index is 0.0941. The predicted molar refractivity (Wildman–Crippen MR) is 90.3 cm³/mol. The molecule has 24 heavy (non-hydrogen) atoms. The molecule has 0 saturated carbocycles. The van der Waals surface area contributed by atoms with Crippen LogP contribution < -0.4 is 10.6 Å². The molecule has 1 aliphatic heterocycles. The molecule has 2 amide bonds. The van der Waals surface area contributed by atoms with E-state index in [1.54, 1.807) is 12.1 Å². The summed E-state index contributed by atoms with van der Waals surface area (Å²) in [5, 5.41) is 8.57. The number of hydrogen-bond acceptors (Lipinski definition) is 4. The number of carbonyl (C=O) groups excluding carboxylic acids is 1. The Morgan fingerprint density at radius 3 is 2.88 bits per heavy atom. The first-order valence-corrected chi connectivity index (χ1v) is 8.82. The van der Waals surface area contributed by atoms with Gasteiger partial charge in [-0.25, -0.2) is 14.2 Å². The molecule has 2 atom stereocenters. The zero-order chi connectivity index (χ0) is 16.9. The molecule has 0 unspecified atom stereocenters. The van der Waals surface area contributed by atoms with E-state index in [2.05, 4.69) is 15.6 Å². The highest BCUT2D eigenvalue weighted by atomic mass is 32.1. The number of urea groups is 1. The molecule has 5 nitrogen and oxygen atoms in total. The first-order chi connectivity index (χ1) is 11.6. The highest BCUT2D eigenvalue weighted by molar-refractivity contribution is 7.09. The molecule has 3 rings (SSSR count). The number of hydrogen-bond donors (Lipinski definition) is 2. The number of thiazole rings is 1. The predicted octanol–water partition coefficient (Wildman–Crippen LogP) is 3.31. The van der Waals surface area contributed by atoms with Crippen LogP contribution in [-0.2, 0) is 11.3 Å². The normalized spacial score (nSPS) is 18.3. The second kappa shape index (κ2) is 7.72. The number of carbonyl (C=O) groups is 1. The van der Waals surface area contributed by atoms with E-state index in [-0.39, 0.29) is 24.0 Å². The third kappa shape index (κ3) is 4.30. The van der Waals surface area contributed by atoms with Gasteiger partial charge in [0.2, 0.25) is 0 Å². The van der Waals surface area contributed by atoms with E-state index >= 15 is 0 Å². The maximum Gasteiger partial charge on any atom is 0.315 e. The lowest BCUT2D eigenvalue weighted by Gasteiger charge is -2.24. The Labute approximate surface area is 144 Å². The van der Waals surface area contributed by atoms with Gasteiger partial charge in [0.15, 0.2) is 0 Å². The molecule has 0 aliphatic carbocycles. The van der Waals surface area contributed by atoms with Gasteiger partial charge >= 0.3 is 6.03 Å². The molecule has 1 saturated heterocycles. The van der Waals surface area contributed by atoms with Crippen LogP contribution >= 0.6 is 11.3 Å². The van der Waals surface area contributed by atoms with E-state index in [0.717, 1.165) is 29.1 Å². The van der Waals surface area contributed by atoms with E-state index < -0.39 is 0 Å². The summed E-state index contributed by atoms with van der Waals surface area (Å²) >= 11 is 1.51. The molecule has 7 heteroatoms. The van der Waals surface area contributed by atoms with Gasteiger partial charge in [-0.2, -0.15) is 0 Å². The second-order valence-electron chi connectivity index (χ2n) is 5.79. The SMILES string of the molecule is Cc1csc(CNC(=O)N[C@H](c2ccc(F)cc2)[C@H]2CCCO2)n1. The van der Waals surface area contributed by atoms with Crippen LogP contribution in [0.4, 0.5) is 9.18 Å². The number of rotatable bonds is 5. The summed E-state index contributed by atoms with van der Waals surface area (Å²) in [4.78, 5) is 16.6. The Hall–Kier alpha value is -1.99. The van der Waals surface area contributed by atoms with Gasteiger partial charge in [0.1, 0.15) is 10.8 Å². The maximum absolute atomic E-state index is 13.2. The Morgan fingerprint density at radius 1 is 1.46 bits per heavy atom. The summed E-state index contributed by atoms with van der Waals surface area (Å²) in [6.45, 7) is 2.98. The van der Waals surface area contributed by atoms with Crippen molar-refractivity contribution in [3.63, 3.8) is 0 Å². The van der Waals surface area contributed by atoms with Gasteiger partial charge in [0.05, 0.1) is 18.7 Å². The zero-order valence-corrected chi connectivity index (χ0v) is 14.2. The van der Waals surface area contributed by atoms with E-state index in [1.807, 2.05) is 12.3 Å². The lowest BCUT2D eigenvalue weighted by Crippen LogP contribution is -2.42. The summed E-state index contributed by atoms with van der Waals surface area (Å²) in [6.07, 6.45) is 1.74. The topological polar surface area (TPSA) is 63.2 Å². The largest absolute Gasteiger partial charge is 0.376 e. The summed E-state index contributed by atoms with van der Waals surface area (Å²) in [5.74, 6) is -0.298. The van der Waals surface area contributed by atoms with Crippen molar-refractivity contribution in [3.8, 4) is 0 Å². The van der Waals surface area contributed by atoms with Crippen LogP contribution in [0.25, 0.3) is 0 Å². The molecule has 0 spiro atoms. The van der Waals surface area contributed by atoms with Crippen LogP contribution in [0.1, 0.15) is 35.1 Å². The van der Waals surface area contributed by atoms with Crippen molar-refractivity contribution < 1.29 is 13.9 Å². The van der Waals surface area contributed by atoms with Crippen LogP contribution in [0.2, 0.25) is 0 Å². The number of halogens is 1. The molecule has 1 aliphatic rings. The van der Waals surface area contributed by atoms with Crippen molar-refractivity contribution in [2.45, 2.75) is 38.5 Å². The number of aryl methyl sites for hydroxylation is 1. The van der Waals surface area contributed by atoms with Crippen molar-refractivity contribution in [3.05, 3.63) is 51.7 Å². The fraction of sp³-hybridized carbons (Fsp3) is 0.412. The van der Waals surface area contributed by atoms with Crippen LogP contribution in [0.15, 0.2) is 29.6 Å². The van der Waals surface area contributed by atoms with Gasteiger partial charge in [-0.3, -0.25) is 0 Å². The fourth-order valence-corrected chi connectivity index (χ4v) is 3.47. The number of ether oxygens (including phenoxy) is 1. The first kappa shape index (κ1) is 16.9. The smallest absolute Gasteiger partial charge is 0.315 e. The van der Waals surface area contributed by atoms with Crippen LogP contribution in [0.3, 0.4) is 0 Å². The Bertz CT molecular complexity index is 683. The van der Waals surface area contributed by atoms with E-state index in [0.29, 0.717) is 13.2 Å². The summed E-state index contributed by atoms with van der Waals surface area (Å²) < 4.78 is 18.9. The summed E-state index contributed by atoms with van der Waals surface area (Å²) in [5.41, 5.74) is 1.78. The van der Waals surface area contributed by atoms with E-state index in [4.69, 9.17) is 4.74 Å². The van der Waals surface area contributed by atoms with Gasteiger partial charge in [-0.1, -0.05) is 12.1 Å². The highest BCUT2D eigenvalue weighted by Crippen LogP contribution is 2.27. The molecular weight excluding hydrogens is 329 g/mol. The molecular formula is C17H20FN3O2S. The first-order valence-electron chi connectivity index (χ1n) is 7.94. The summed E-state index contributed by atoms with van der Waals surface area (Å²) in [6, 6.07) is 5.58. The van der Waals surface area contributed by atoms with Gasteiger partial charge in [0, 0.05) is 17.7 Å². The molecule has 1 fully saturated rings. The second-order valence-corrected chi connectivity index (χ2v) is 6.73. The third-order valence-corrected chi connectivity index (χ3v) is 4.89. The number of benzene rings is 1. The zero-order valence-electron chi connectivity index (χ0n) is 13.4. The number of aromatic nitrogens is 1. The Kier molecular flexibility index (Phi) is 5.42. The van der Waals surface area contributed by atoms with Gasteiger partial charge < -0.3 is 15.4 Å². The van der Waals surface area contributed by atoms with E-state index in [9.17, 15) is 9.18 Å². The molecule has 128 valence electrons.